The molecule has 2 aromatic carbocycles. The number of carbonyl (C=O) groups excluding carboxylic acids is 3. The van der Waals surface area contributed by atoms with Gasteiger partial charge in [-0.05, 0) is 41.6 Å². The van der Waals surface area contributed by atoms with Crippen LogP contribution in [0.1, 0.15) is 15.9 Å². The summed E-state index contributed by atoms with van der Waals surface area (Å²) in [4.78, 5) is 48.9. The highest BCUT2D eigenvalue weighted by Crippen LogP contribution is 2.33. The van der Waals surface area contributed by atoms with E-state index in [-0.39, 0.29) is 28.7 Å². The van der Waals surface area contributed by atoms with Gasteiger partial charge < -0.3 is 14.8 Å². The van der Waals surface area contributed by atoms with Gasteiger partial charge in [0.05, 0.1) is 24.0 Å². The molecule has 0 saturated carbocycles. The summed E-state index contributed by atoms with van der Waals surface area (Å²) in [6, 6.07) is 8.76. The first kappa shape index (κ1) is 24.1. The summed E-state index contributed by atoms with van der Waals surface area (Å²) < 4.78 is 10.3. The third-order valence-electron chi connectivity index (χ3n) is 4.57. The Morgan fingerprint density at radius 1 is 1.18 bits per heavy atom. The average Bonchev–Trinajstić information content (AvgIpc) is 3.06. The van der Waals surface area contributed by atoms with Crippen molar-refractivity contribution >= 4 is 52.2 Å². The molecule has 0 aromatic heterocycles. The predicted molar refractivity (Wildman–Crippen MR) is 123 cm³/mol. The minimum atomic E-state index is -0.633. The molecule has 0 aliphatic carbocycles. The first-order valence-corrected chi connectivity index (χ1v) is 10.6. The van der Waals surface area contributed by atoms with Crippen molar-refractivity contribution in [2.75, 3.05) is 27.3 Å². The van der Waals surface area contributed by atoms with E-state index < -0.39 is 22.0 Å². The second-order valence-corrected chi connectivity index (χ2v) is 8.06. The Bertz CT molecular complexity index is 1150. The number of nitro groups is 1. The number of amides is 3. The maximum atomic E-state index is 12.6. The second-order valence-electron chi connectivity index (χ2n) is 6.66. The van der Waals surface area contributed by atoms with E-state index in [1.54, 1.807) is 6.07 Å². The minimum absolute atomic E-state index is 0.0239. The van der Waals surface area contributed by atoms with E-state index in [9.17, 15) is 24.5 Å². The van der Waals surface area contributed by atoms with Crippen LogP contribution in [0.3, 0.4) is 0 Å². The van der Waals surface area contributed by atoms with Crippen LogP contribution in [0.15, 0.2) is 41.3 Å². The van der Waals surface area contributed by atoms with E-state index in [1.807, 2.05) is 0 Å². The molecule has 0 unspecified atom stereocenters. The summed E-state index contributed by atoms with van der Waals surface area (Å²) in [5.74, 6) is -0.0980. The van der Waals surface area contributed by atoms with E-state index in [4.69, 9.17) is 21.1 Å². The largest absolute Gasteiger partial charge is 0.497 e. The molecule has 1 heterocycles. The number of nitro benzene ring substituents is 1. The lowest BCUT2D eigenvalue weighted by atomic mass is 10.2. The van der Waals surface area contributed by atoms with Crippen molar-refractivity contribution in [3.63, 3.8) is 0 Å². The van der Waals surface area contributed by atoms with Crippen LogP contribution in [0.25, 0.3) is 6.08 Å². The molecule has 2 aromatic rings. The number of nitrogens with zero attached hydrogens (tertiary/aromatic N) is 2. The number of rotatable bonds is 8. The molecular formula is C21H18ClN3O7S. The van der Waals surface area contributed by atoms with Gasteiger partial charge in [-0.2, -0.15) is 0 Å². The lowest BCUT2D eigenvalue weighted by molar-refractivity contribution is -0.384. The summed E-state index contributed by atoms with van der Waals surface area (Å²) in [5.41, 5.74) is 0.350. The highest BCUT2D eigenvalue weighted by atomic mass is 35.5. The zero-order chi connectivity index (χ0) is 24.1. The summed E-state index contributed by atoms with van der Waals surface area (Å²) in [6.45, 7) is -0.0221. The molecule has 0 spiro atoms. The van der Waals surface area contributed by atoms with Crippen molar-refractivity contribution in [3.8, 4) is 11.5 Å². The Balaban J connectivity index is 1.65. The fourth-order valence-electron chi connectivity index (χ4n) is 2.93. The third kappa shape index (κ3) is 5.62. The van der Waals surface area contributed by atoms with Gasteiger partial charge in [-0.25, -0.2) is 0 Å². The number of thioether (sulfide) groups is 1. The maximum absolute atomic E-state index is 12.6. The number of hydrogen-bond acceptors (Lipinski definition) is 8. The molecule has 1 saturated heterocycles. The fourth-order valence-corrected chi connectivity index (χ4v) is 3.98. The first-order valence-electron chi connectivity index (χ1n) is 9.44. The molecule has 1 aliphatic heterocycles. The number of ether oxygens (including phenoxy) is 2. The van der Waals surface area contributed by atoms with Crippen LogP contribution in [-0.2, 0) is 4.79 Å². The van der Waals surface area contributed by atoms with E-state index in [0.717, 1.165) is 4.90 Å². The number of nitrogens with one attached hydrogen (secondary N) is 1. The standard InChI is InChI=1S/C21H18ClN3O7S/c1-31-14-9-13(10-15(11-14)32-2)19(26)23-5-6-24-20(27)18(33-21(24)28)8-12-3-4-16(22)17(7-12)25(29)30/h3-4,7-11H,5-6H2,1-2H3,(H,23,26)/b18-8-. The zero-order valence-corrected chi connectivity index (χ0v) is 19.1. The van der Waals surface area contributed by atoms with Gasteiger partial charge in [-0.15, -0.1) is 0 Å². The smallest absolute Gasteiger partial charge is 0.293 e. The van der Waals surface area contributed by atoms with Gasteiger partial charge in [0.25, 0.3) is 22.7 Å². The van der Waals surface area contributed by atoms with Gasteiger partial charge in [-0.3, -0.25) is 29.4 Å². The van der Waals surface area contributed by atoms with Gasteiger partial charge in [0.2, 0.25) is 0 Å². The number of carbonyl (C=O) groups is 3. The molecule has 172 valence electrons. The summed E-state index contributed by atoms with van der Waals surface area (Å²) in [5, 5.41) is 13.2. The van der Waals surface area contributed by atoms with Gasteiger partial charge in [0, 0.05) is 30.8 Å². The Kier molecular flexibility index (Phi) is 7.56. The Morgan fingerprint density at radius 2 is 1.85 bits per heavy atom. The molecule has 0 radical (unpaired) electrons. The molecule has 1 fully saturated rings. The lowest BCUT2D eigenvalue weighted by Crippen LogP contribution is -2.37. The zero-order valence-electron chi connectivity index (χ0n) is 17.5. The summed E-state index contributed by atoms with van der Waals surface area (Å²) >= 11 is 6.51. The van der Waals surface area contributed by atoms with E-state index in [2.05, 4.69) is 5.32 Å². The van der Waals surface area contributed by atoms with E-state index in [0.29, 0.717) is 34.4 Å². The van der Waals surface area contributed by atoms with Crippen LogP contribution in [0.4, 0.5) is 10.5 Å². The van der Waals surface area contributed by atoms with Crippen LogP contribution in [0, 0.1) is 10.1 Å². The van der Waals surface area contributed by atoms with Crippen molar-refractivity contribution < 1.29 is 28.8 Å². The number of methoxy groups -OCH3 is 2. The number of imide groups is 1. The highest BCUT2D eigenvalue weighted by molar-refractivity contribution is 8.18. The second kappa shape index (κ2) is 10.4. The third-order valence-corrected chi connectivity index (χ3v) is 5.80. The molecule has 1 aliphatic rings. The topological polar surface area (TPSA) is 128 Å². The van der Waals surface area contributed by atoms with Crippen molar-refractivity contribution in [2.45, 2.75) is 0 Å². The van der Waals surface area contributed by atoms with Crippen LogP contribution in [0.5, 0.6) is 11.5 Å². The number of hydrogen-bond donors (Lipinski definition) is 1. The van der Waals surface area contributed by atoms with Gasteiger partial charge in [-0.1, -0.05) is 17.7 Å². The molecule has 3 amide bonds. The van der Waals surface area contributed by atoms with Crippen molar-refractivity contribution in [3.05, 3.63) is 67.6 Å². The monoisotopic (exact) mass is 491 g/mol. The molecule has 0 bridgehead atoms. The maximum Gasteiger partial charge on any atom is 0.293 e. The number of halogens is 1. The minimum Gasteiger partial charge on any atom is -0.497 e. The first-order chi connectivity index (χ1) is 15.7. The summed E-state index contributed by atoms with van der Waals surface area (Å²) in [6.07, 6.45) is 1.38. The Morgan fingerprint density at radius 3 is 2.45 bits per heavy atom. The Labute approximate surface area is 197 Å². The Hall–Kier alpha value is -3.57. The average molecular weight is 492 g/mol. The molecule has 1 N–H and O–H groups in total. The van der Waals surface area contributed by atoms with Gasteiger partial charge >= 0.3 is 0 Å². The van der Waals surface area contributed by atoms with Crippen LogP contribution < -0.4 is 14.8 Å². The van der Waals surface area contributed by atoms with Crippen LogP contribution in [-0.4, -0.2) is 54.2 Å². The molecular weight excluding hydrogens is 474 g/mol. The molecule has 3 rings (SSSR count). The molecule has 12 heteroatoms. The number of benzene rings is 2. The summed E-state index contributed by atoms with van der Waals surface area (Å²) in [7, 11) is 2.93. The SMILES string of the molecule is COc1cc(OC)cc(C(=O)NCCN2C(=O)S/C(=C\c3ccc(Cl)c([N+](=O)[O-])c3)C2=O)c1. The van der Waals surface area contributed by atoms with Crippen molar-refractivity contribution in [2.24, 2.45) is 0 Å². The van der Waals surface area contributed by atoms with Crippen molar-refractivity contribution in [1.82, 2.24) is 10.2 Å². The molecule has 0 atom stereocenters. The lowest BCUT2D eigenvalue weighted by Gasteiger charge is -2.13. The predicted octanol–water partition coefficient (Wildman–Crippen LogP) is 3.73. The van der Waals surface area contributed by atoms with Crippen LogP contribution >= 0.6 is 23.4 Å². The van der Waals surface area contributed by atoms with E-state index >= 15 is 0 Å². The quantitative estimate of drug-likeness (QED) is 0.336. The fraction of sp³-hybridized carbons (Fsp3) is 0.190. The van der Waals surface area contributed by atoms with Gasteiger partial charge in [0.15, 0.2) is 0 Å². The van der Waals surface area contributed by atoms with E-state index in [1.165, 1.54) is 50.6 Å². The van der Waals surface area contributed by atoms with Gasteiger partial charge in [0.1, 0.15) is 16.5 Å². The normalized spacial score (nSPS) is 14.5. The highest BCUT2D eigenvalue weighted by Gasteiger charge is 2.34. The molecule has 10 nitrogen and oxygen atoms in total. The van der Waals surface area contributed by atoms with Crippen molar-refractivity contribution in [1.29, 1.82) is 0 Å². The molecule has 33 heavy (non-hydrogen) atoms. The van der Waals surface area contributed by atoms with Crippen LogP contribution in [0.2, 0.25) is 5.02 Å².